The number of halogens is 1. The van der Waals surface area contributed by atoms with Crippen LogP contribution in [0, 0.1) is 12.7 Å². The number of carbonyl (C=O) groups excluding carboxylic acids is 1. The molecule has 1 aliphatic heterocycles. The first-order chi connectivity index (χ1) is 14.3. The quantitative estimate of drug-likeness (QED) is 0.716. The second-order valence-corrected chi connectivity index (χ2v) is 8.97. The lowest BCUT2D eigenvalue weighted by molar-refractivity contribution is -0.115. The zero-order valence-electron chi connectivity index (χ0n) is 17.2. The largest absolute Gasteiger partial charge is 0.471 e. The van der Waals surface area contributed by atoms with Gasteiger partial charge in [-0.2, -0.15) is 13.7 Å². The molecule has 1 atom stereocenters. The fourth-order valence-electron chi connectivity index (χ4n) is 3.29. The van der Waals surface area contributed by atoms with Gasteiger partial charge in [-0.1, -0.05) is 13.8 Å². The van der Waals surface area contributed by atoms with Crippen molar-refractivity contribution in [1.29, 1.82) is 0 Å². The summed E-state index contributed by atoms with van der Waals surface area (Å²) < 4.78 is 47.5. The number of aromatic nitrogens is 2. The number of anilines is 1. The van der Waals surface area contributed by atoms with Gasteiger partial charge < -0.3 is 10.1 Å². The van der Waals surface area contributed by atoms with Crippen LogP contribution in [0.4, 0.5) is 10.1 Å². The van der Waals surface area contributed by atoms with Crippen molar-refractivity contribution >= 4 is 21.6 Å². The maximum absolute atomic E-state index is 14.3. The Morgan fingerprint density at radius 3 is 2.77 bits per heavy atom. The summed E-state index contributed by atoms with van der Waals surface area (Å²) in [6.45, 7) is 5.56. The molecule has 0 bridgehead atoms. The molecule has 1 aromatic heterocycles. The number of benzene rings is 1. The van der Waals surface area contributed by atoms with Crippen molar-refractivity contribution < 1.29 is 22.3 Å². The van der Waals surface area contributed by atoms with E-state index in [-0.39, 0.29) is 35.5 Å². The minimum atomic E-state index is -3.75. The second-order valence-electron chi connectivity index (χ2n) is 7.07. The van der Waals surface area contributed by atoms with E-state index in [0.717, 1.165) is 0 Å². The minimum absolute atomic E-state index is 0.0982. The third kappa shape index (κ3) is 4.59. The van der Waals surface area contributed by atoms with Crippen LogP contribution in [0.15, 0.2) is 29.4 Å². The van der Waals surface area contributed by atoms with E-state index >= 15 is 0 Å². The number of nitrogens with one attached hydrogen (secondary N) is 1. The standard InChI is InChI=1S/C20H25FN4O4S/c1-4-16-19(21)20(23-12-22-16)29-15-8-9-25(11-15)30(27,28)17-7-6-14(10-13(17)3)24-18(26)5-2/h6-7,10,12,15H,4-5,8-9,11H2,1-3H3,(H,24,26)/t15-/m1/s1. The van der Waals surface area contributed by atoms with E-state index in [1.807, 2.05) is 0 Å². The normalized spacial score (nSPS) is 17.1. The van der Waals surface area contributed by atoms with Crippen LogP contribution < -0.4 is 10.1 Å². The number of aryl methyl sites for hydroxylation is 2. The molecule has 2 heterocycles. The van der Waals surface area contributed by atoms with Gasteiger partial charge in [-0.3, -0.25) is 4.79 Å². The third-order valence-electron chi connectivity index (χ3n) is 4.95. The molecule has 0 saturated carbocycles. The molecule has 162 valence electrons. The number of amides is 1. The lowest BCUT2D eigenvalue weighted by Crippen LogP contribution is -2.31. The highest BCUT2D eigenvalue weighted by Gasteiger charge is 2.35. The van der Waals surface area contributed by atoms with Crippen LogP contribution >= 0.6 is 0 Å². The summed E-state index contributed by atoms with van der Waals surface area (Å²) in [6, 6.07) is 4.69. The molecule has 30 heavy (non-hydrogen) atoms. The number of carbonyl (C=O) groups is 1. The molecule has 8 nitrogen and oxygen atoms in total. The van der Waals surface area contributed by atoms with E-state index in [0.29, 0.717) is 30.5 Å². The van der Waals surface area contributed by atoms with Gasteiger partial charge in [0, 0.05) is 18.7 Å². The minimum Gasteiger partial charge on any atom is -0.471 e. The highest BCUT2D eigenvalue weighted by Crippen LogP contribution is 2.28. The third-order valence-corrected chi connectivity index (χ3v) is 6.97. The van der Waals surface area contributed by atoms with Crippen molar-refractivity contribution in [2.24, 2.45) is 0 Å². The first-order valence-electron chi connectivity index (χ1n) is 9.82. The molecule has 1 fully saturated rings. The van der Waals surface area contributed by atoms with Crippen molar-refractivity contribution in [3.05, 3.63) is 41.6 Å². The van der Waals surface area contributed by atoms with E-state index in [9.17, 15) is 17.6 Å². The molecule has 1 aromatic carbocycles. The van der Waals surface area contributed by atoms with Gasteiger partial charge in [0.05, 0.1) is 17.1 Å². The van der Waals surface area contributed by atoms with E-state index < -0.39 is 21.9 Å². The Balaban J connectivity index is 1.73. The van der Waals surface area contributed by atoms with Gasteiger partial charge in [0.1, 0.15) is 12.4 Å². The topological polar surface area (TPSA) is 101 Å². The van der Waals surface area contributed by atoms with E-state index in [1.165, 1.54) is 16.7 Å². The molecular weight excluding hydrogens is 411 g/mol. The zero-order valence-corrected chi connectivity index (χ0v) is 18.0. The highest BCUT2D eigenvalue weighted by molar-refractivity contribution is 7.89. The monoisotopic (exact) mass is 436 g/mol. The molecule has 1 saturated heterocycles. The van der Waals surface area contributed by atoms with Crippen LogP contribution in [0.25, 0.3) is 0 Å². The van der Waals surface area contributed by atoms with E-state index in [1.54, 1.807) is 32.9 Å². The van der Waals surface area contributed by atoms with Gasteiger partial charge in [0.15, 0.2) is 0 Å². The summed E-state index contributed by atoms with van der Waals surface area (Å²) in [5, 5.41) is 2.71. The molecule has 1 N–H and O–H groups in total. The van der Waals surface area contributed by atoms with Gasteiger partial charge in [-0.05, 0) is 43.5 Å². The van der Waals surface area contributed by atoms with Crippen molar-refractivity contribution in [2.45, 2.75) is 51.0 Å². The van der Waals surface area contributed by atoms with Crippen molar-refractivity contribution in [3.8, 4) is 5.88 Å². The highest BCUT2D eigenvalue weighted by atomic mass is 32.2. The van der Waals surface area contributed by atoms with Gasteiger partial charge in [-0.15, -0.1) is 0 Å². The summed E-state index contributed by atoms with van der Waals surface area (Å²) in [4.78, 5) is 19.4. The van der Waals surface area contributed by atoms with Gasteiger partial charge in [-0.25, -0.2) is 13.4 Å². The SMILES string of the molecule is CCC(=O)Nc1ccc(S(=O)(=O)N2CC[C@@H](Oc3ncnc(CC)c3F)C2)c(C)c1. The maximum Gasteiger partial charge on any atom is 0.254 e. The Morgan fingerprint density at radius 1 is 1.33 bits per heavy atom. The second kappa shape index (κ2) is 9.05. The van der Waals surface area contributed by atoms with Crippen LogP contribution in [0.5, 0.6) is 5.88 Å². The average molecular weight is 437 g/mol. The molecule has 2 aromatic rings. The molecular formula is C20H25FN4O4S. The Morgan fingerprint density at radius 2 is 2.10 bits per heavy atom. The number of ether oxygens (including phenoxy) is 1. The summed E-state index contributed by atoms with van der Waals surface area (Å²) in [5.41, 5.74) is 1.34. The lowest BCUT2D eigenvalue weighted by Gasteiger charge is -2.19. The van der Waals surface area contributed by atoms with Crippen LogP contribution in [-0.4, -0.2) is 47.8 Å². The average Bonchev–Trinajstić information content (AvgIpc) is 3.19. The molecule has 0 aliphatic carbocycles. The van der Waals surface area contributed by atoms with Crippen molar-refractivity contribution in [3.63, 3.8) is 0 Å². The Hall–Kier alpha value is -2.59. The fraction of sp³-hybridized carbons (Fsp3) is 0.450. The van der Waals surface area contributed by atoms with Crippen molar-refractivity contribution in [2.75, 3.05) is 18.4 Å². The predicted molar refractivity (Wildman–Crippen MR) is 109 cm³/mol. The summed E-state index contributed by atoms with van der Waals surface area (Å²) in [7, 11) is -3.75. The Bertz CT molecular complexity index is 1050. The van der Waals surface area contributed by atoms with Crippen molar-refractivity contribution in [1.82, 2.24) is 14.3 Å². The van der Waals surface area contributed by atoms with E-state index in [2.05, 4.69) is 15.3 Å². The Labute approximate surface area is 175 Å². The predicted octanol–water partition coefficient (Wildman–Crippen LogP) is 2.68. The number of nitrogens with zero attached hydrogens (tertiary/aromatic N) is 3. The van der Waals surface area contributed by atoms with Crippen LogP contribution in [0.1, 0.15) is 37.9 Å². The zero-order chi connectivity index (χ0) is 21.9. The lowest BCUT2D eigenvalue weighted by atomic mass is 10.2. The van der Waals surface area contributed by atoms with Gasteiger partial charge in [0.25, 0.3) is 5.88 Å². The molecule has 3 rings (SSSR count). The van der Waals surface area contributed by atoms with Crippen LogP contribution in [0.2, 0.25) is 0 Å². The molecule has 10 heteroatoms. The molecule has 0 spiro atoms. The van der Waals surface area contributed by atoms with E-state index in [4.69, 9.17) is 4.74 Å². The smallest absolute Gasteiger partial charge is 0.254 e. The Kier molecular flexibility index (Phi) is 6.67. The first-order valence-corrected chi connectivity index (χ1v) is 11.3. The van der Waals surface area contributed by atoms with Gasteiger partial charge in [0.2, 0.25) is 21.7 Å². The first kappa shape index (κ1) is 22.1. The molecule has 0 radical (unpaired) electrons. The summed E-state index contributed by atoms with van der Waals surface area (Å²) in [6.07, 6.45) is 1.90. The summed E-state index contributed by atoms with van der Waals surface area (Å²) >= 11 is 0. The molecule has 1 amide bonds. The number of sulfonamides is 1. The maximum atomic E-state index is 14.3. The molecule has 0 unspecified atom stereocenters. The number of hydrogen-bond acceptors (Lipinski definition) is 6. The van der Waals surface area contributed by atoms with Gasteiger partial charge >= 0.3 is 0 Å². The fourth-order valence-corrected chi connectivity index (χ4v) is 4.98. The van der Waals surface area contributed by atoms with Crippen LogP contribution in [-0.2, 0) is 21.2 Å². The van der Waals surface area contributed by atoms with Crippen LogP contribution in [0.3, 0.4) is 0 Å². The summed E-state index contributed by atoms with van der Waals surface area (Å²) in [5.74, 6) is -0.909. The number of rotatable bonds is 7. The molecule has 1 aliphatic rings. The number of hydrogen-bond donors (Lipinski definition) is 1.